The van der Waals surface area contributed by atoms with Crippen molar-refractivity contribution in [3.63, 3.8) is 0 Å². The third-order valence-electron chi connectivity index (χ3n) is 5.76. The van der Waals surface area contributed by atoms with E-state index in [4.69, 9.17) is 16.3 Å². The van der Waals surface area contributed by atoms with E-state index in [-0.39, 0.29) is 18.0 Å². The largest absolute Gasteiger partial charge is 0.457 e. The number of halogens is 1. The van der Waals surface area contributed by atoms with E-state index in [1.807, 2.05) is 24.3 Å². The number of non-ortho nitro benzene ring substituents is 1. The molecule has 2 aromatic carbocycles. The quantitative estimate of drug-likeness (QED) is 0.400. The predicted molar refractivity (Wildman–Crippen MR) is 113 cm³/mol. The van der Waals surface area contributed by atoms with Gasteiger partial charge in [-0.2, -0.15) is 0 Å². The molecule has 0 aromatic heterocycles. The molecule has 2 atom stereocenters. The van der Waals surface area contributed by atoms with Crippen molar-refractivity contribution in [1.29, 1.82) is 0 Å². The number of nitro groups is 1. The lowest BCUT2D eigenvalue weighted by molar-refractivity contribution is -0.384. The first kappa shape index (κ1) is 21.3. The van der Waals surface area contributed by atoms with Crippen LogP contribution in [0.1, 0.15) is 23.7 Å². The van der Waals surface area contributed by atoms with Crippen molar-refractivity contribution in [2.75, 3.05) is 26.2 Å². The monoisotopic (exact) mass is 443 g/mol. The second-order valence-electron chi connectivity index (χ2n) is 7.80. The maximum atomic E-state index is 13.2. The molecule has 0 bridgehead atoms. The molecule has 2 aromatic rings. The van der Waals surface area contributed by atoms with E-state index in [0.717, 1.165) is 25.2 Å². The number of carbonyl (C=O) groups is 2. The summed E-state index contributed by atoms with van der Waals surface area (Å²) in [6, 6.07) is 13.5. The SMILES string of the molecule is O=C1C[C@H](C(=O)N2CCN(Cc3ccc(Cl)cc3)CC2)[C@@H](c2ccc([N+](=O)[O-])cc2)O1. The molecule has 0 saturated carbocycles. The van der Waals surface area contributed by atoms with Crippen LogP contribution in [0.4, 0.5) is 5.69 Å². The van der Waals surface area contributed by atoms with Gasteiger partial charge in [-0.3, -0.25) is 24.6 Å². The number of ether oxygens (including phenoxy) is 1. The van der Waals surface area contributed by atoms with E-state index in [1.165, 1.54) is 12.1 Å². The van der Waals surface area contributed by atoms with Crippen molar-refractivity contribution in [3.8, 4) is 0 Å². The van der Waals surface area contributed by atoms with Crippen LogP contribution in [0, 0.1) is 16.0 Å². The molecule has 4 rings (SSSR count). The molecule has 0 unspecified atom stereocenters. The number of benzene rings is 2. The van der Waals surface area contributed by atoms with Gasteiger partial charge in [0.2, 0.25) is 5.91 Å². The topological polar surface area (TPSA) is 93.0 Å². The first-order chi connectivity index (χ1) is 14.9. The van der Waals surface area contributed by atoms with Crippen LogP contribution in [0.3, 0.4) is 0 Å². The second-order valence-corrected chi connectivity index (χ2v) is 8.23. The van der Waals surface area contributed by atoms with Crippen LogP contribution in [-0.4, -0.2) is 52.8 Å². The van der Waals surface area contributed by atoms with Gasteiger partial charge in [-0.1, -0.05) is 23.7 Å². The molecule has 8 nitrogen and oxygen atoms in total. The molecule has 0 N–H and O–H groups in total. The fraction of sp³-hybridized carbons (Fsp3) is 0.364. The number of hydrogen-bond donors (Lipinski definition) is 0. The van der Waals surface area contributed by atoms with Gasteiger partial charge in [0.15, 0.2) is 0 Å². The molecule has 9 heteroatoms. The summed E-state index contributed by atoms with van der Waals surface area (Å²) in [7, 11) is 0. The molecule has 1 amide bonds. The normalized spacial score (nSPS) is 21.7. The van der Waals surface area contributed by atoms with Gasteiger partial charge in [-0.05, 0) is 35.4 Å². The highest BCUT2D eigenvalue weighted by Crippen LogP contribution is 2.37. The number of esters is 1. The Balaban J connectivity index is 1.38. The summed E-state index contributed by atoms with van der Waals surface area (Å²) in [5, 5.41) is 11.6. The molecule has 2 aliphatic heterocycles. The van der Waals surface area contributed by atoms with Crippen molar-refractivity contribution < 1.29 is 19.2 Å². The van der Waals surface area contributed by atoms with Gasteiger partial charge in [0.1, 0.15) is 6.10 Å². The zero-order valence-electron chi connectivity index (χ0n) is 16.8. The number of amides is 1. The number of nitrogens with zero attached hydrogens (tertiary/aromatic N) is 3. The Morgan fingerprint density at radius 1 is 1.06 bits per heavy atom. The van der Waals surface area contributed by atoms with Crippen molar-refractivity contribution in [2.24, 2.45) is 5.92 Å². The van der Waals surface area contributed by atoms with Crippen LogP contribution in [0.25, 0.3) is 0 Å². The molecule has 0 spiro atoms. The summed E-state index contributed by atoms with van der Waals surface area (Å²) < 4.78 is 5.40. The van der Waals surface area contributed by atoms with E-state index in [9.17, 15) is 19.7 Å². The first-order valence-corrected chi connectivity index (χ1v) is 10.5. The highest BCUT2D eigenvalue weighted by atomic mass is 35.5. The fourth-order valence-electron chi connectivity index (χ4n) is 4.07. The molecule has 0 aliphatic carbocycles. The summed E-state index contributed by atoms with van der Waals surface area (Å²) >= 11 is 5.94. The van der Waals surface area contributed by atoms with Gasteiger partial charge < -0.3 is 9.64 Å². The average molecular weight is 444 g/mol. The summed E-state index contributed by atoms with van der Waals surface area (Å²) in [6.45, 7) is 3.40. The maximum Gasteiger partial charge on any atom is 0.307 e. The Bertz CT molecular complexity index is 972. The third-order valence-corrected chi connectivity index (χ3v) is 6.02. The molecular formula is C22H22ClN3O5. The average Bonchev–Trinajstić information content (AvgIpc) is 3.17. The third kappa shape index (κ3) is 4.86. The Morgan fingerprint density at radius 2 is 1.71 bits per heavy atom. The zero-order valence-corrected chi connectivity index (χ0v) is 17.5. The number of carbonyl (C=O) groups excluding carboxylic acids is 2. The molecule has 2 aliphatic rings. The van der Waals surface area contributed by atoms with Crippen LogP contribution in [0.2, 0.25) is 5.02 Å². The summed E-state index contributed by atoms with van der Waals surface area (Å²) in [6.07, 6.45) is -0.696. The summed E-state index contributed by atoms with van der Waals surface area (Å²) in [5.74, 6) is -1.15. The minimum atomic E-state index is -0.715. The van der Waals surface area contributed by atoms with Crippen LogP contribution < -0.4 is 0 Å². The number of hydrogen-bond acceptors (Lipinski definition) is 6. The molecule has 31 heavy (non-hydrogen) atoms. The molecule has 162 valence electrons. The lowest BCUT2D eigenvalue weighted by Gasteiger charge is -2.36. The first-order valence-electron chi connectivity index (χ1n) is 10.1. The number of rotatable bonds is 5. The Labute approximate surface area is 184 Å². The van der Waals surface area contributed by atoms with Gasteiger partial charge in [-0.15, -0.1) is 0 Å². The van der Waals surface area contributed by atoms with Gasteiger partial charge in [-0.25, -0.2) is 0 Å². The van der Waals surface area contributed by atoms with Crippen molar-refractivity contribution in [1.82, 2.24) is 9.80 Å². The van der Waals surface area contributed by atoms with Gasteiger partial charge in [0.05, 0.1) is 17.3 Å². The van der Waals surface area contributed by atoms with Gasteiger partial charge >= 0.3 is 5.97 Å². The standard InChI is InChI=1S/C22H22ClN3O5/c23-17-5-1-15(2-6-17)14-24-9-11-25(12-10-24)22(28)19-13-20(27)31-21(19)16-3-7-18(8-4-16)26(29)30/h1-8,19,21H,9-14H2/t19-,21+/m0/s1. The van der Waals surface area contributed by atoms with Crippen molar-refractivity contribution in [3.05, 3.63) is 74.8 Å². The van der Waals surface area contributed by atoms with E-state index in [2.05, 4.69) is 4.90 Å². The number of piperazine rings is 1. The van der Waals surface area contributed by atoms with E-state index >= 15 is 0 Å². The Kier molecular flexibility index (Phi) is 6.20. The Morgan fingerprint density at radius 3 is 2.32 bits per heavy atom. The van der Waals surface area contributed by atoms with Gasteiger partial charge in [0, 0.05) is 49.9 Å². The summed E-state index contributed by atoms with van der Waals surface area (Å²) in [4.78, 5) is 39.6. The fourth-order valence-corrected chi connectivity index (χ4v) is 4.20. The van der Waals surface area contributed by atoms with Crippen molar-refractivity contribution >= 4 is 29.2 Å². The van der Waals surface area contributed by atoms with E-state index < -0.39 is 22.9 Å². The molecular weight excluding hydrogens is 422 g/mol. The molecule has 2 heterocycles. The minimum absolute atomic E-state index is 0.0193. The molecule has 0 radical (unpaired) electrons. The maximum absolute atomic E-state index is 13.2. The second kappa shape index (κ2) is 9.03. The van der Waals surface area contributed by atoms with Crippen LogP contribution >= 0.6 is 11.6 Å². The van der Waals surface area contributed by atoms with Crippen LogP contribution in [-0.2, 0) is 20.9 Å². The van der Waals surface area contributed by atoms with Crippen LogP contribution in [0.15, 0.2) is 48.5 Å². The van der Waals surface area contributed by atoms with Gasteiger partial charge in [0.25, 0.3) is 5.69 Å². The minimum Gasteiger partial charge on any atom is -0.457 e. The summed E-state index contributed by atoms with van der Waals surface area (Å²) in [5.41, 5.74) is 1.71. The zero-order chi connectivity index (χ0) is 22.0. The predicted octanol–water partition coefficient (Wildman–Crippen LogP) is 3.20. The van der Waals surface area contributed by atoms with E-state index in [1.54, 1.807) is 17.0 Å². The van der Waals surface area contributed by atoms with E-state index in [0.29, 0.717) is 23.7 Å². The molecule has 2 saturated heterocycles. The molecule has 2 fully saturated rings. The van der Waals surface area contributed by atoms with Crippen molar-refractivity contribution in [2.45, 2.75) is 19.1 Å². The smallest absolute Gasteiger partial charge is 0.307 e. The highest BCUT2D eigenvalue weighted by Gasteiger charge is 2.43. The lowest BCUT2D eigenvalue weighted by Crippen LogP contribution is -2.50. The number of nitro benzene ring substituents is 1. The lowest BCUT2D eigenvalue weighted by atomic mass is 9.93. The number of cyclic esters (lactones) is 1. The Hall–Kier alpha value is -2.97. The van der Waals surface area contributed by atoms with Crippen LogP contribution in [0.5, 0.6) is 0 Å². The highest BCUT2D eigenvalue weighted by molar-refractivity contribution is 6.30.